The molecular weight excluding hydrogens is 315 g/mol. The van der Waals surface area contributed by atoms with Gasteiger partial charge < -0.3 is 4.74 Å². The predicted molar refractivity (Wildman–Crippen MR) is 79.7 cm³/mol. The number of halogens is 2. The Morgan fingerprint density at radius 1 is 1.57 bits per heavy atom. The van der Waals surface area contributed by atoms with Gasteiger partial charge in [-0.1, -0.05) is 17.7 Å². The van der Waals surface area contributed by atoms with E-state index in [0.29, 0.717) is 17.2 Å². The monoisotopic (exact) mass is 326 g/mol. The number of H-pyrrole nitrogens is 1. The van der Waals surface area contributed by atoms with E-state index in [4.69, 9.17) is 28.6 Å². The summed E-state index contributed by atoms with van der Waals surface area (Å²) in [4.78, 5) is 0. The van der Waals surface area contributed by atoms with Crippen molar-refractivity contribution in [3.05, 3.63) is 45.2 Å². The van der Waals surface area contributed by atoms with Crippen LogP contribution < -0.4 is 0 Å². The third-order valence-electron chi connectivity index (χ3n) is 3.20. The lowest BCUT2D eigenvalue weighted by molar-refractivity contribution is 0.102. The van der Waals surface area contributed by atoms with Crippen LogP contribution in [0.2, 0.25) is 5.02 Å². The van der Waals surface area contributed by atoms with Gasteiger partial charge in [-0.15, -0.1) is 0 Å². The van der Waals surface area contributed by atoms with Gasteiger partial charge in [-0.05, 0) is 37.2 Å². The fourth-order valence-electron chi connectivity index (χ4n) is 2.15. The van der Waals surface area contributed by atoms with Crippen molar-refractivity contribution in [1.29, 1.82) is 0 Å². The summed E-state index contributed by atoms with van der Waals surface area (Å²) in [7, 11) is 0. The molecule has 1 saturated heterocycles. The highest BCUT2D eigenvalue weighted by Gasteiger charge is 2.23. The highest BCUT2D eigenvalue weighted by Crippen LogP contribution is 2.27. The van der Waals surface area contributed by atoms with Crippen LogP contribution in [0.1, 0.15) is 30.3 Å². The van der Waals surface area contributed by atoms with Crippen molar-refractivity contribution in [2.75, 3.05) is 6.61 Å². The van der Waals surface area contributed by atoms with Crippen LogP contribution in [0.25, 0.3) is 0 Å². The zero-order valence-corrected chi connectivity index (χ0v) is 12.5. The van der Waals surface area contributed by atoms with E-state index in [1.165, 1.54) is 23.0 Å². The van der Waals surface area contributed by atoms with Gasteiger partial charge in [-0.3, -0.25) is 5.10 Å². The van der Waals surface area contributed by atoms with E-state index in [-0.39, 0.29) is 16.7 Å². The van der Waals surface area contributed by atoms with Crippen molar-refractivity contribution in [3.8, 4) is 0 Å². The number of aromatic nitrogens is 3. The van der Waals surface area contributed by atoms with Crippen molar-refractivity contribution in [2.45, 2.75) is 18.9 Å². The average Bonchev–Trinajstić information content (AvgIpc) is 3.08. The van der Waals surface area contributed by atoms with Gasteiger partial charge in [0.25, 0.3) is 0 Å². The van der Waals surface area contributed by atoms with Gasteiger partial charge in [-0.25, -0.2) is 4.39 Å². The zero-order valence-electron chi connectivity index (χ0n) is 10.9. The molecule has 2 heterocycles. The number of nitrogens with zero attached hydrogens (tertiary/aromatic N) is 3. The van der Waals surface area contributed by atoms with Crippen LogP contribution >= 0.6 is 23.8 Å². The Morgan fingerprint density at radius 3 is 3.14 bits per heavy atom. The molecule has 1 aliphatic heterocycles. The first-order valence-electron chi connectivity index (χ1n) is 6.44. The number of hydrogen-bond acceptors (Lipinski definition) is 4. The maximum Gasteiger partial charge on any atom is 0.216 e. The first-order valence-corrected chi connectivity index (χ1v) is 7.22. The highest BCUT2D eigenvalue weighted by atomic mass is 35.5. The van der Waals surface area contributed by atoms with Gasteiger partial charge in [0.15, 0.2) is 5.82 Å². The van der Waals surface area contributed by atoms with Crippen molar-refractivity contribution >= 4 is 30.0 Å². The summed E-state index contributed by atoms with van der Waals surface area (Å²) in [5, 5.41) is 11.3. The van der Waals surface area contributed by atoms with Crippen molar-refractivity contribution in [2.24, 2.45) is 5.10 Å². The molecule has 3 rings (SSSR count). The summed E-state index contributed by atoms with van der Waals surface area (Å²) >= 11 is 11.1. The second kappa shape index (κ2) is 6.05. The maximum absolute atomic E-state index is 13.7. The van der Waals surface area contributed by atoms with Crippen molar-refractivity contribution in [3.63, 3.8) is 0 Å². The molecule has 0 unspecified atom stereocenters. The van der Waals surface area contributed by atoms with Crippen LogP contribution in [0.15, 0.2) is 23.3 Å². The van der Waals surface area contributed by atoms with Crippen LogP contribution in [-0.2, 0) is 4.74 Å². The summed E-state index contributed by atoms with van der Waals surface area (Å²) in [6.45, 7) is 0.688. The molecule has 2 aromatic rings. The second-order valence-electron chi connectivity index (χ2n) is 4.58. The molecular formula is C13H12ClFN4OS. The fraction of sp³-hybridized carbons (Fsp3) is 0.308. The summed E-state index contributed by atoms with van der Waals surface area (Å²) in [5.74, 6) is 0.140. The molecule has 1 atom stereocenters. The molecule has 21 heavy (non-hydrogen) atoms. The minimum atomic E-state index is -0.445. The Hall–Kier alpha value is -1.57. The van der Waals surface area contributed by atoms with Crippen LogP contribution in [0.3, 0.4) is 0 Å². The van der Waals surface area contributed by atoms with Crippen LogP contribution in [0, 0.1) is 10.6 Å². The van der Waals surface area contributed by atoms with E-state index in [9.17, 15) is 4.39 Å². The van der Waals surface area contributed by atoms with E-state index in [1.807, 2.05) is 0 Å². The number of nitrogens with one attached hydrogen (secondary N) is 1. The normalized spacial score (nSPS) is 18.7. The molecule has 1 aromatic heterocycles. The first kappa shape index (κ1) is 14.4. The molecule has 5 nitrogen and oxygen atoms in total. The average molecular weight is 327 g/mol. The third-order valence-corrected chi connectivity index (χ3v) is 3.79. The zero-order chi connectivity index (χ0) is 14.8. The van der Waals surface area contributed by atoms with E-state index in [2.05, 4.69) is 15.3 Å². The predicted octanol–water partition coefficient (Wildman–Crippen LogP) is 3.47. The molecule has 110 valence electrons. The molecule has 1 fully saturated rings. The number of benzene rings is 1. The van der Waals surface area contributed by atoms with E-state index >= 15 is 0 Å². The standard InChI is InChI=1S/C13H12ClFN4OS/c14-9-3-1-4-10(15)8(9)7-16-19-12(17-18-13(19)21)11-5-2-6-20-11/h1,3-4,7,11H,2,5-6H2,(H,18,21)/t11-/m1/s1. The molecule has 0 bridgehead atoms. The third kappa shape index (κ3) is 2.90. The minimum absolute atomic E-state index is 0.147. The number of aromatic amines is 1. The summed E-state index contributed by atoms with van der Waals surface area (Å²) in [6.07, 6.45) is 3.01. The van der Waals surface area contributed by atoms with Gasteiger partial charge in [0.05, 0.1) is 11.2 Å². The molecule has 1 aliphatic rings. The molecule has 8 heteroatoms. The Labute approximate surface area is 130 Å². The van der Waals surface area contributed by atoms with E-state index < -0.39 is 5.82 Å². The topological polar surface area (TPSA) is 55.2 Å². The minimum Gasteiger partial charge on any atom is -0.370 e. The Bertz CT molecular complexity index is 716. The Balaban J connectivity index is 1.96. The van der Waals surface area contributed by atoms with Gasteiger partial charge >= 0.3 is 0 Å². The molecule has 1 N–H and O–H groups in total. The van der Waals surface area contributed by atoms with Crippen LogP contribution in [-0.4, -0.2) is 27.7 Å². The lowest BCUT2D eigenvalue weighted by Gasteiger charge is -2.07. The number of ether oxygens (including phenoxy) is 1. The molecule has 0 saturated carbocycles. The molecule has 0 aliphatic carbocycles. The van der Waals surface area contributed by atoms with Gasteiger partial charge in [0.2, 0.25) is 4.77 Å². The second-order valence-corrected chi connectivity index (χ2v) is 5.37. The lowest BCUT2D eigenvalue weighted by atomic mass is 10.2. The Morgan fingerprint density at radius 2 is 2.43 bits per heavy atom. The molecule has 1 aromatic carbocycles. The maximum atomic E-state index is 13.7. The quantitative estimate of drug-likeness (QED) is 0.694. The Kier molecular flexibility index (Phi) is 4.14. The summed E-state index contributed by atoms with van der Waals surface area (Å²) in [5.41, 5.74) is 0.209. The van der Waals surface area contributed by atoms with Gasteiger partial charge in [0, 0.05) is 12.2 Å². The SMILES string of the molecule is Fc1cccc(Cl)c1C=Nn1c([C@H]2CCCO2)n[nH]c1=S. The van der Waals surface area contributed by atoms with E-state index in [0.717, 1.165) is 12.8 Å². The number of hydrogen-bond donors (Lipinski definition) is 1. The molecule has 0 radical (unpaired) electrons. The summed E-state index contributed by atoms with van der Waals surface area (Å²) < 4.78 is 21.1. The van der Waals surface area contributed by atoms with E-state index in [1.54, 1.807) is 6.07 Å². The van der Waals surface area contributed by atoms with Crippen molar-refractivity contribution < 1.29 is 9.13 Å². The fourth-order valence-corrected chi connectivity index (χ4v) is 2.55. The van der Waals surface area contributed by atoms with Gasteiger partial charge in [0.1, 0.15) is 11.9 Å². The highest BCUT2D eigenvalue weighted by molar-refractivity contribution is 7.71. The molecule has 0 amide bonds. The molecule has 0 spiro atoms. The number of rotatable bonds is 3. The lowest BCUT2D eigenvalue weighted by Crippen LogP contribution is -2.05. The largest absolute Gasteiger partial charge is 0.370 e. The van der Waals surface area contributed by atoms with Crippen LogP contribution in [0.4, 0.5) is 4.39 Å². The first-order chi connectivity index (χ1) is 10.2. The smallest absolute Gasteiger partial charge is 0.216 e. The summed E-state index contributed by atoms with van der Waals surface area (Å²) in [6, 6.07) is 4.46. The van der Waals surface area contributed by atoms with Crippen molar-refractivity contribution in [1.82, 2.24) is 14.9 Å². The van der Waals surface area contributed by atoms with Crippen LogP contribution in [0.5, 0.6) is 0 Å². The van der Waals surface area contributed by atoms with Gasteiger partial charge in [-0.2, -0.15) is 14.9 Å².